The number of aromatic nitrogens is 3. The van der Waals surface area contributed by atoms with Gasteiger partial charge in [-0.3, -0.25) is 19.5 Å². The van der Waals surface area contributed by atoms with Crippen LogP contribution in [0.2, 0.25) is 0 Å². The van der Waals surface area contributed by atoms with Crippen LogP contribution >= 0.6 is 0 Å². The Balaban J connectivity index is 1.26. The molecule has 2 amide bonds. The van der Waals surface area contributed by atoms with Crippen molar-refractivity contribution in [1.29, 1.82) is 0 Å². The van der Waals surface area contributed by atoms with Crippen LogP contribution in [-0.4, -0.2) is 54.9 Å². The van der Waals surface area contributed by atoms with Gasteiger partial charge in [0.05, 0.1) is 33.1 Å². The Kier molecular flexibility index (Phi) is 10.7. The van der Waals surface area contributed by atoms with E-state index in [1.807, 2.05) is 36.4 Å². The summed E-state index contributed by atoms with van der Waals surface area (Å²) in [5.74, 6) is 1.90. The number of carbonyl (C=O) groups excluding carboxylic acids is 2. The molecule has 3 aromatic carbocycles. The highest BCUT2D eigenvalue weighted by atomic mass is 16.5. The molecule has 4 N–H and O–H groups in total. The highest BCUT2D eigenvalue weighted by Crippen LogP contribution is 2.50. The zero-order valence-corrected chi connectivity index (χ0v) is 27.1. The minimum Gasteiger partial charge on any atom is -0.493 e. The quantitative estimate of drug-likeness (QED) is 0.143. The summed E-state index contributed by atoms with van der Waals surface area (Å²) in [7, 11) is 4.70. The summed E-state index contributed by atoms with van der Waals surface area (Å²) in [5.41, 5.74) is 5.05. The number of fused-ring (bicyclic) bond motifs is 3. The van der Waals surface area contributed by atoms with Gasteiger partial charge in [-0.25, -0.2) is 4.98 Å². The minimum absolute atomic E-state index is 0.0650. The number of rotatable bonds is 13. The van der Waals surface area contributed by atoms with Crippen LogP contribution in [0.15, 0.2) is 59.7 Å². The molecular formula is C35H40N6O6. The minimum atomic E-state index is -0.375. The molecule has 5 rings (SSSR count). The largest absolute Gasteiger partial charge is 0.493 e. The number of nitrogens with one attached hydrogen (secondary N) is 4. The fourth-order valence-electron chi connectivity index (χ4n) is 5.98. The number of hydrogen-bond donors (Lipinski definition) is 4. The van der Waals surface area contributed by atoms with Gasteiger partial charge in [-0.2, -0.15) is 5.10 Å². The van der Waals surface area contributed by atoms with Gasteiger partial charge in [-0.05, 0) is 72.7 Å². The molecule has 12 nitrogen and oxygen atoms in total. The molecule has 0 fully saturated rings. The molecule has 0 spiro atoms. The summed E-state index contributed by atoms with van der Waals surface area (Å²) >= 11 is 0. The van der Waals surface area contributed by atoms with E-state index < -0.39 is 0 Å². The predicted octanol–water partition coefficient (Wildman–Crippen LogP) is 5.26. The summed E-state index contributed by atoms with van der Waals surface area (Å²) < 4.78 is 17.1. The molecule has 12 heteroatoms. The third-order valence-electron chi connectivity index (χ3n) is 8.15. The van der Waals surface area contributed by atoms with Crippen molar-refractivity contribution in [3.05, 3.63) is 76.2 Å². The van der Waals surface area contributed by atoms with Crippen LogP contribution in [0.25, 0.3) is 22.5 Å². The molecule has 1 heterocycles. The Hall–Kier alpha value is -5.39. The van der Waals surface area contributed by atoms with E-state index in [1.54, 1.807) is 33.5 Å². The molecule has 1 aliphatic carbocycles. The summed E-state index contributed by atoms with van der Waals surface area (Å²) in [6.45, 7) is 2.03. The first-order chi connectivity index (χ1) is 22.8. The summed E-state index contributed by atoms with van der Waals surface area (Å²) in [6, 6.07) is 14.3. The smallest absolute Gasteiger partial charge is 0.224 e. The molecule has 0 bridgehead atoms. The molecule has 0 unspecified atom stereocenters. The number of H-pyrrole nitrogens is 1. The van der Waals surface area contributed by atoms with Crippen LogP contribution in [-0.2, 0) is 16.0 Å². The molecule has 1 atom stereocenters. The van der Waals surface area contributed by atoms with Gasteiger partial charge >= 0.3 is 0 Å². The summed E-state index contributed by atoms with van der Waals surface area (Å²) in [5, 5.41) is 15.9. The van der Waals surface area contributed by atoms with E-state index in [9.17, 15) is 14.4 Å². The lowest BCUT2D eigenvalue weighted by Crippen LogP contribution is -2.26. The lowest BCUT2D eigenvalue weighted by molar-refractivity contribution is -0.119. The van der Waals surface area contributed by atoms with E-state index in [4.69, 9.17) is 14.2 Å². The number of amides is 2. The SMILES string of the molecule is COc1cc2c(c(OC)c1OC)-c1ccc(NCCCCCC(=O)Nc3cccc(-c4ncn[nH]4)c3)c(=O)cc1[C@@H](NC(C)=O)CC2. The zero-order valence-electron chi connectivity index (χ0n) is 27.1. The number of methoxy groups -OCH3 is 3. The molecule has 0 aliphatic heterocycles. The molecule has 1 aliphatic rings. The van der Waals surface area contributed by atoms with E-state index in [0.29, 0.717) is 72.2 Å². The van der Waals surface area contributed by atoms with Gasteiger partial charge in [0, 0.05) is 36.7 Å². The van der Waals surface area contributed by atoms with E-state index >= 15 is 0 Å². The Morgan fingerprint density at radius 3 is 2.53 bits per heavy atom. The topological polar surface area (TPSA) is 157 Å². The van der Waals surface area contributed by atoms with Crippen LogP contribution in [0.3, 0.4) is 0 Å². The molecule has 47 heavy (non-hydrogen) atoms. The van der Waals surface area contributed by atoms with Crippen molar-refractivity contribution in [3.63, 3.8) is 0 Å². The maximum Gasteiger partial charge on any atom is 0.224 e. The Morgan fingerprint density at radius 1 is 0.979 bits per heavy atom. The van der Waals surface area contributed by atoms with E-state index in [0.717, 1.165) is 35.1 Å². The Labute approximate surface area is 273 Å². The van der Waals surface area contributed by atoms with Crippen molar-refractivity contribution in [2.45, 2.75) is 51.5 Å². The number of carbonyl (C=O) groups is 2. The molecule has 4 aromatic rings. The summed E-state index contributed by atoms with van der Waals surface area (Å²) in [6.07, 6.45) is 5.32. The third-order valence-corrected chi connectivity index (χ3v) is 8.15. The normalized spacial score (nSPS) is 13.4. The standard InChI is InChI=1S/C35H40N6O6/c1-21(42)39-27-14-12-22-18-30(45-2)33(46-3)34(47-4)32(22)25-13-15-28(29(43)19-26(25)27)36-16-7-5-6-11-31(44)40-24-10-8-9-23(17-24)35-37-20-38-41-35/h8-10,13,15,17-20,27H,5-7,11-12,14,16H2,1-4H3,(H,36,43)(H,39,42)(H,40,44)(H,37,38,41)/t27-/m0/s1. The molecule has 0 radical (unpaired) electrons. The number of aromatic amines is 1. The van der Waals surface area contributed by atoms with Gasteiger partial charge < -0.3 is 30.2 Å². The Morgan fingerprint density at radius 2 is 1.81 bits per heavy atom. The second kappa shape index (κ2) is 15.3. The van der Waals surface area contributed by atoms with Gasteiger partial charge in [-0.15, -0.1) is 0 Å². The van der Waals surface area contributed by atoms with Crippen LogP contribution in [0, 0.1) is 0 Å². The van der Waals surface area contributed by atoms with E-state index in [-0.39, 0.29) is 23.3 Å². The van der Waals surface area contributed by atoms with Crippen LogP contribution in [0.4, 0.5) is 11.4 Å². The lowest BCUT2D eigenvalue weighted by Gasteiger charge is -2.19. The van der Waals surface area contributed by atoms with Crippen molar-refractivity contribution in [2.75, 3.05) is 38.5 Å². The van der Waals surface area contributed by atoms with Crippen molar-refractivity contribution >= 4 is 23.2 Å². The number of aryl methyl sites for hydroxylation is 1. The first-order valence-electron chi connectivity index (χ1n) is 15.6. The predicted molar refractivity (Wildman–Crippen MR) is 180 cm³/mol. The maximum atomic E-state index is 13.5. The highest BCUT2D eigenvalue weighted by Gasteiger charge is 2.29. The number of benzene rings is 2. The number of anilines is 2. The molecule has 246 valence electrons. The van der Waals surface area contributed by atoms with E-state index in [2.05, 4.69) is 31.1 Å². The number of unbranched alkanes of at least 4 members (excludes halogenated alkanes) is 2. The first-order valence-corrected chi connectivity index (χ1v) is 15.6. The van der Waals surface area contributed by atoms with Crippen LogP contribution in [0.5, 0.6) is 17.2 Å². The Bertz CT molecular complexity index is 1790. The second-order valence-electron chi connectivity index (χ2n) is 11.3. The van der Waals surface area contributed by atoms with E-state index in [1.165, 1.54) is 13.3 Å². The van der Waals surface area contributed by atoms with Crippen molar-refractivity contribution < 1.29 is 23.8 Å². The van der Waals surface area contributed by atoms with Gasteiger partial charge in [0.1, 0.15) is 6.33 Å². The molecule has 1 aromatic heterocycles. The van der Waals surface area contributed by atoms with Crippen LogP contribution in [0.1, 0.15) is 56.2 Å². The van der Waals surface area contributed by atoms with Crippen molar-refractivity contribution in [2.24, 2.45) is 0 Å². The highest BCUT2D eigenvalue weighted by molar-refractivity contribution is 5.91. The average Bonchev–Trinajstić information content (AvgIpc) is 3.51. The first kappa shape index (κ1) is 33.0. The number of hydrogen-bond acceptors (Lipinski definition) is 9. The summed E-state index contributed by atoms with van der Waals surface area (Å²) in [4.78, 5) is 42.4. The zero-order chi connectivity index (χ0) is 33.3. The number of ether oxygens (including phenoxy) is 3. The number of nitrogens with zero attached hydrogens (tertiary/aromatic N) is 2. The second-order valence-corrected chi connectivity index (χ2v) is 11.3. The van der Waals surface area contributed by atoms with Gasteiger partial charge in [0.25, 0.3) is 0 Å². The lowest BCUT2D eigenvalue weighted by atomic mass is 9.95. The maximum absolute atomic E-state index is 13.5. The van der Waals surface area contributed by atoms with Crippen molar-refractivity contribution in [3.8, 4) is 39.8 Å². The average molecular weight is 641 g/mol. The monoisotopic (exact) mass is 640 g/mol. The third kappa shape index (κ3) is 7.71. The molecule has 0 saturated carbocycles. The van der Waals surface area contributed by atoms with Gasteiger partial charge in [0.2, 0.25) is 23.0 Å². The van der Waals surface area contributed by atoms with Crippen molar-refractivity contribution in [1.82, 2.24) is 20.5 Å². The fourth-order valence-corrected chi connectivity index (χ4v) is 5.98. The van der Waals surface area contributed by atoms with Crippen LogP contribution < -0.4 is 35.6 Å². The van der Waals surface area contributed by atoms with Gasteiger partial charge in [-0.1, -0.05) is 24.6 Å². The molecular weight excluding hydrogens is 600 g/mol. The van der Waals surface area contributed by atoms with Gasteiger partial charge in [0.15, 0.2) is 17.3 Å². The fraction of sp³-hybridized carbons (Fsp3) is 0.343. The molecule has 0 saturated heterocycles.